The van der Waals surface area contributed by atoms with Gasteiger partial charge >= 0.3 is 0 Å². The number of likely N-dealkylation sites (tertiary alicyclic amines) is 1. The standard InChI is InChI=1S/C18H25N5O/c1-4-13(5-2)18(24)23-9-6-14(11-23)15-10-16(22-12(3)21-15)17-19-7-8-20-17/h7-8,10,13-14H,4-6,9,11H2,1-3H3,(H,19,20)/t14-/m0/s1. The summed E-state index contributed by atoms with van der Waals surface area (Å²) >= 11 is 0. The van der Waals surface area contributed by atoms with E-state index in [1.54, 1.807) is 12.4 Å². The molecule has 0 spiro atoms. The molecular weight excluding hydrogens is 302 g/mol. The number of H-pyrrole nitrogens is 1. The first-order valence-corrected chi connectivity index (χ1v) is 8.76. The molecule has 1 fully saturated rings. The van der Waals surface area contributed by atoms with Crippen molar-refractivity contribution in [3.63, 3.8) is 0 Å². The Hall–Kier alpha value is -2.24. The lowest BCUT2D eigenvalue weighted by atomic mass is 10.0. The number of aryl methyl sites for hydroxylation is 1. The first-order chi connectivity index (χ1) is 11.6. The third-order valence-electron chi connectivity index (χ3n) is 4.85. The average molecular weight is 327 g/mol. The van der Waals surface area contributed by atoms with Crippen molar-refractivity contribution in [3.8, 4) is 11.5 Å². The maximum absolute atomic E-state index is 12.6. The molecule has 2 aromatic heterocycles. The summed E-state index contributed by atoms with van der Waals surface area (Å²) in [6, 6.07) is 2.00. The topological polar surface area (TPSA) is 74.8 Å². The zero-order valence-electron chi connectivity index (χ0n) is 14.6. The van der Waals surface area contributed by atoms with Gasteiger partial charge in [0.2, 0.25) is 5.91 Å². The summed E-state index contributed by atoms with van der Waals surface area (Å²) in [7, 11) is 0. The fourth-order valence-electron chi connectivity index (χ4n) is 3.42. The van der Waals surface area contributed by atoms with Crippen LogP contribution in [0.5, 0.6) is 0 Å². The Morgan fingerprint density at radius 2 is 2.17 bits per heavy atom. The number of imidazole rings is 1. The maximum Gasteiger partial charge on any atom is 0.225 e. The second-order valence-corrected chi connectivity index (χ2v) is 6.45. The van der Waals surface area contributed by atoms with Crippen molar-refractivity contribution in [2.75, 3.05) is 13.1 Å². The van der Waals surface area contributed by atoms with Gasteiger partial charge in [0.25, 0.3) is 0 Å². The quantitative estimate of drug-likeness (QED) is 0.916. The fraction of sp³-hybridized carbons (Fsp3) is 0.556. The molecule has 0 aliphatic carbocycles. The van der Waals surface area contributed by atoms with E-state index in [1.165, 1.54) is 0 Å². The van der Waals surface area contributed by atoms with Crippen molar-refractivity contribution >= 4 is 5.91 Å². The van der Waals surface area contributed by atoms with Crippen LogP contribution in [0.25, 0.3) is 11.5 Å². The van der Waals surface area contributed by atoms with Crippen LogP contribution in [0.4, 0.5) is 0 Å². The molecule has 3 heterocycles. The van der Waals surface area contributed by atoms with Gasteiger partial charge in [0.15, 0.2) is 5.82 Å². The number of carbonyl (C=O) groups excluding carboxylic acids is 1. The second kappa shape index (κ2) is 7.11. The zero-order chi connectivity index (χ0) is 17.1. The summed E-state index contributed by atoms with van der Waals surface area (Å²) in [5.74, 6) is 2.21. The largest absolute Gasteiger partial charge is 0.343 e. The van der Waals surface area contributed by atoms with Gasteiger partial charge in [0.05, 0.1) is 0 Å². The molecule has 1 amide bonds. The molecule has 0 radical (unpaired) electrons. The molecule has 0 aromatic carbocycles. The lowest BCUT2D eigenvalue weighted by Crippen LogP contribution is -2.33. The Balaban J connectivity index is 1.77. The number of hydrogen-bond acceptors (Lipinski definition) is 4. The maximum atomic E-state index is 12.6. The van der Waals surface area contributed by atoms with Gasteiger partial charge in [-0.2, -0.15) is 0 Å². The smallest absolute Gasteiger partial charge is 0.225 e. The highest BCUT2D eigenvalue weighted by Crippen LogP contribution is 2.29. The van der Waals surface area contributed by atoms with E-state index in [4.69, 9.17) is 0 Å². The van der Waals surface area contributed by atoms with Crippen molar-refractivity contribution in [2.24, 2.45) is 5.92 Å². The lowest BCUT2D eigenvalue weighted by Gasteiger charge is -2.21. The Morgan fingerprint density at radius 1 is 1.38 bits per heavy atom. The van der Waals surface area contributed by atoms with Crippen LogP contribution in [0.3, 0.4) is 0 Å². The molecule has 2 aromatic rings. The SMILES string of the molecule is CCC(CC)C(=O)N1CC[C@H](c2cc(-c3ncc[nH]3)nc(C)n2)C1. The first kappa shape index (κ1) is 16.6. The van der Waals surface area contributed by atoms with Crippen LogP contribution in [0, 0.1) is 12.8 Å². The van der Waals surface area contributed by atoms with E-state index in [0.717, 1.165) is 55.4 Å². The van der Waals surface area contributed by atoms with E-state index < -0.39 is 0 Å². The Kier molecular flexibility index (Phi) is 4.92. The Morgan fingerprint density at radius 3 is 2.83 bits per heavy atom. The summed E-state index contributed by atoms with van der Waals surface area (Å²) in [5, 5.41) is 0. The lowest BCUT2D eigenvalue weighted by molar-refractivity contribution is -0.134. The van der Waals surface area contributed by atoms with Crippen molar-refractivity contribution in [1.82, 2.24) is 24.8 Å². The van der Waals surface area contributed by atoms with E-state index >= 15 is 0 Å². The molecule has 6 heteroatoms. The zero-order valence-corrected chi connectivity index (χ0v) is 14.6. The van der Waals surface area contributed by atoms with Gasteiger partial charge in [-0.3, -0.25) is 4.79 Å². The van der Waals surface area contributed by atoms with Crippen LogP contribution < -0.4 is 0 Å². The van der Waals surface area contributed by atoms with E-state index in [0.29, 0.717) is 5.91 Å². The van der Waals surface area contributed by atoms with E-state index in [-0.39, 0.29) is 11.8 Å². The van der Waals surface area contributed by atoms with Crippen LogP contribution in [0.1, 0.15) is 50.5 Å². The number of hydrogen-bond donors (Lipinski definition) is 1. The monoisotopic (exact) mass is 327 g/mol. The summed E-state index contributed by atoms with van der Waals surface area (Å²) in [6.07, 6.45) is 6.29. The number of rotatable bonds is 5. The normalized spacial score (nSPS) is 17.7. The second-order valence-electron chi connectivity index (χ2n) is 6.45. The molecule has 1 aliphatic rings. The predicted molar refractivity (Wildman–Crippen MR) is 92.4 cm³/mol. The van der Waals surface area contributed by atoms with Crippen molar-refractivity contribution in [3.05, 3.63) is 30.0 Å². The van der Waals surface area contributed by atoms with Gasteiger partial charge in [-0.05, 0) is 32.3 Å². The van der Waals surface area contributed by atoms with Crippen LogP contribution in [-0.2, 0) is 4.79 Å². The Bertz CT molecular complexity index is 693. The molecule has 1 saturated heterocycles. The van der Waals surface area contributed by atoms with E-state index in [1.807, 2.05) is 17.9 Å². The summed E-state index contributed by atoms with van der Waals surface area (Å²) < 4.78 is 0. The molecule has 3 rings (SSSR count). The van der Waals surface area contributed by atoms with Crippen LogP contribution in [-0.4, -0.2) is 43.8 Å². The third kappa shape index (κ3) is 3.32. The molecule has 128 valence electrons. The highest BCUT2D eigenvalue weighted by Gasteiger charge is 2.31. The van der Waals surface area contributed by atoms with Crippen LogP contribution in [0.15, 0.2) is 18.5 Å². The number of nitrogens with one attached hydrogen (secondary N) is 1. The highest BCUT2D eigenvalue weighted by molar-refractivity contribution is 5.79. The van der Waals surface area contributed by atoms with Crippen LogP contribution in [0.2, 0.25) is 0 Å². The molecule has 24 heavy (non-hydrogen) atoms. The summed E-state index contributed by atoms with van der Waals surface area (Å²) in [5.41, 5.74) is 1.82. The van der Waals surface area contributed by atoms with E-state index in [9.17, 15) is 4.79 Å². The number of aromatic nitrogens is 4. The van der Waals surface area contributed by atoms with Gasteiger partial charge in [0.1, 0.15) is 11.5 Å². The molecule has 0 saturated carbocycles. The molecule has 1 atom stereocenters. The summed E-state index contributed by atoms with van der Waals surface area (Å²) in [6.45, 7) is 7.65. The van der Waals surface area contributed by atoms with Crippen LogP contribution >= 0.6 is 0 Å². The number of amides is 1. The highest BCUT2D eigenvalue weighted by atomic mass is 16.2. The van der Waals surface area contributed by atoms with Crippen molar-refractivity contribution in [2.45, 2.75) is 46.0 Å². The molecular formula is C18H25N5O. The van der Waals surface area contributed by atoms with Gasteiger partial charge in [0, 0.05) is 43.0 Å². The minimum Gasteiger partial charge on any atom is -0.343 e. The number of nitrogens with zero attached hydrogens (tertiary/aromatic N) is 4. The van der Waals surface area contributed by atoms with Gasteiger partial charge in [-0.25, -0.2) is 15.0 Å². The summed E-state index contributed by atoms with van der Waals surface area (Å²) in [4.78, 5) is 31.0. The molecule has 0 unspecified atom stereocenters. The third-order valence-corrected chi connectivity index (χ3v) is 4.85. The molecule has 6 nitrogen and oxygen atoms in total. The number of aromatic amines is 1. The molecule has 0 bridgehead atoms. The average Bonchev–Trinajstić information content (AvgIpc) is 3.27. The molecule has 1 aliphatic heterocycles. The van der Waals surface area contributed by atoms with E-state index in [2.05, 4.69) is 33.8 Å². The van der Waals surface area contributed by atoms with Gasteiger partial charge in [-0.15, -0.1) is 0 Å². The van der Waals surface area contributed by atoms with Crippen molar-refractivity contribution in [1.29, 1.82) is 0 Å². The Labute approximate surface area is 142 Å². The minimum atomic E-state index is 0.148. The van der Waals surface area contributed by atoms with Crippen molar-refractivity contribution < 1.29 is 4.79 Å². The van der Waals surface area contributed by atoms with Gasteiger partial charge < -0.3 is 9.88 Å². The fourth-order valence-corrected chi connectivity index (χ4v) is 3.42. The number of carbonyl (C=O) groups is 1. The first-order valence-electron chi connectivity index (χ1n) is 8.76. The minimum absolute atomic E-state index is 0.148. The predicted octanol–water partition coefficient (Wildman–Crippen LogP) is 2.93. The molecule has 1 N–H and O–H groups in total. The van der Waals surface area contributed by atoms with Gasteiger partial charge in [-0.1, -0.05) is 13.8 Å².